The molecular weight excluding hydrogens is 443 g/mol. The van der Waals surface area contributed by atoms with Crippen LogP contribution in [0.15, 0.2) is 4.99 Å². The molecule has 0 radical (unpaired) electrons. The van der Waals surface area contributed by atoms with Gasteiger partial charge in [-0.15, -0.1) is 24.0 Å². The van der Waals surface area contributed by atoms with Crippen LogP contribution >= 0.6 is 24.0 Å². The second kappa shape index (κ2) is 12.8. The molecule has 0 aromatic carbocycles. The number of amides is 1. The minimum absolute atomic E-state index is 0. The predicted octanol–water partition coefficient (Wildman–Crippen LogP) is 2.77. The molecule has 0 aromatic heterocycles. The molecule has 1 heterocycles. The predicted molar refractivity (Wildman–Crippen MR) is 117 cm³/mol. The molecule has 26 heavy (non-hydrogen) atoms. The summed E-state index contributed by atoms with van der Waals surface area (Å²) in [6, 6.07) is 0. The van der Waals surface area contributed by atoms with Crippen LogP contribution in [-0.2, 0) is 9.53 Å². The Hall–Kier alpha value is -0.570. The van der Waals surface area contributed by atoms with E-state index < -0.39 is 0 Å². The van der Waals surface area contributed by atoms with E-state index in [-0.39, 0.29) is 36.4 Å². The van der Waals surface area contributed by atoms with Gasteiger partial charge in [-0.1, -0.05) is 12.8 Å². The SMILES string of the molecule is CCNC(=NCC(=O)N1CCCCC1)NCC1(CCOC)CCCC1.I. The summed E-state index contributed by atoms with van der Waals surface area (Å²) in [4.78, 5) is 18.8. The number of guanidine groups is 1. The summed E-state index contributed by atoms with van der Waals surface area (Å²) in [5.41, 5.74) is 0.309. The number of methoxy groups -OCH3 is 1. The van der Waals surface area contributed by atoms with E-state index in [1.54, 1.807) is 7.11 Å². The maximum absolute atomic E-state index is 12.3. The molecule has 0 unspecified atom stereocenters. The highest BCUT2D eigenvalue weighted by Crippen LogP contribution is 2.40. The number of nitrogens with one attached hydrogen (secondary N) is 2. The average molecular weight is 480 g/mol. The van der Waals surface area contributed by atoms with E-state index in [9.17, 15) is 4.79 Å². The van der Waals surface area contributed by atoms with Gasteiger partial charge in [0, 0.05) is 39.9 Å². The molecule has 0 aromatic rings. The Labute approximate surface area is 175 Å². The highest BCUT2D eigenvalue weighted by molar-refractivity contribution is 14.0. The lowest BCUT2D eigenvalue weighted by Crippen LogP contribution is -2.44. The van der Waals surface area contributed by atoms with Crippen molar-refractivity contribution in [2.45, 2.75) is 58.3 Å². The van der Waals surface area contributed by atoms with Crippen molar-refractivity contribution in [3.05, 3.63) is 0 Å². The van der Waals surface area contributed by atoms with Crippen LogP contribution in [0.4, 0.5) is 0 Å². The number of likely N-dealkylation sites (tertiary alicyclic amines) is 1. The highest BCUT2D eigenvalue weighted by atomic mass is 127. The van der Waals surface area contributed by atoms with Gasteiger partial charge in [0.15, 0.2) is 5.96 Å². The number of aliphatic imine (C=N–C) groups is 1. The minimum atomic E-state index is 0. The molecule has 1 aliphatic heterocycles. The van der Waals surface area contributed by atoms with Crippen molar-refractivity contribution in [1.29, 1.82) is 0 Å². The largest absolute Gasteiger partial charge is 0.385 e. The zero-order valence-electron chi connectivity index (χ0n) is 16.5. The van der Waals surface area contributed by atoms with Crippen LogP contribution in [0.3, 0.4) is 0 Å². The smallest absolute Gasteiger partial charge is 0.244 e. The highest BCUT2D eigenvalue weighted by Gasteiger charge is 2.33. The fourth-order valence-electron chi connectivity index (χ4n) is 3.96. The Morgan fingerprint density at radius 1 is 1.12 bits per heavy atom. The Morgan fingerprint density at radius 2 is 1.81 bits per heavy atom. The summed E-state index contributed by atoms with van der Waals surface area (Å²) in [5, 5.41) is 6.76. The van der Waals surface area contributed by atoms with Gasteiger partial charge in [0.25, 0.3) is 0 Å². The summed E-state index contributed by atoms with van der Waals surface area (Å²) in [6.07, 6.45) is 9.65. The molecule has 0 spiro atoms. The number of piperidine rings is 1. The first-order valence-corrected chi connectivity index (χ1v) is 9.98. The Balaban J connectivity index is 0.00000338. The molecule has 1 aliphatic carbocycles. The van der Waals surface area contributed by atoms with Gasteiger partial charge < -0.3 is 20.3 Å². The van der Waals surface area contributed by atoms with Crippen molar-refractivity contribution in [1.82, 2.24) is 15.5 Å². The molecular formula is C19H37IN4O2. The molecule has 2 fully saturated rings. The van der Waals surface area contributed by atoms with Crippen molar-refractivity contribution in [2.24, 2.45) is 10.4 Å². The van der Waals surface area contributed by atoms with Gasteiger partial charge in [-0.05, 0) is 50.9 Å². The zero-order valence-corrected chi connectivity index (χ0v) is 18.8. The second-order valence-corrected chi connectivity index (χ2v) is 7.44. The monoisotopic (exact) mass is 480 g/mol. The molecule has 7 heteroatoms. The molecule has 6 nitrogen and oxygen atoms in total. The molecule has 1 saturated heterocycles. The van der Waals surface area contributed by atoms with Crippen LogP contribution in [0.5, 0.6) is 0 Å². The third-order valence-corrected chi connectivity index (χ3v) is 5.56. The number of hydrogen-bond donors (Lipinski definition) is 2. The van der Waals surface area contributed by atoms with Gasteiger partial charge in [-0.3, -0.25) is 4.79 Å². The molecule has 1 saturated carbocycles. The van der Waals surface area contributed by atoms with Crippen LogP contribution in [-0.4, -0.2) is 63.2 Å². The van der Waals surface area contributed by atoms with Gasteiger partial charge in [0.05, 0.1) is 0 Å². The van der Waals surface area contributed by atoms with Crippen LogP contribution in [0.2, 0.25) is 0 Å². The van der Waals surface area contributed by atoms with E-state index in [4.69, 9.17) is 4.74 Å². The van der Waals surface area contributed by atoms with Crippen molar-refractivity contribution in [3.8, 4) is 0 Å². The van der Waals surface area contributed by atoms with Gasteiger partial charge in [-0.2, -0.15) is 0 Å². The first kappa shape index (κ1) is 23.5. The maximum atomic E-state index is 12.3. The molecule has 2 N–H and O–H groups in total. The van der Waals surface area contributed by atoms with Crippen molar-refractivity contribution in [2.75, 3.05) is 46.4 Å². The number of carbonyl (C=O) groups excluding carboxylic acids is 1. The van der Waals surface area contributed by atoms with Gasteiger partial charge in [-0.25, -0.2) is 4.99 Å². The third kappa shape index (κ3) is 7.58. The van der Waals surface area contributed by atoms with E-state index >= 15 is 0 Å². The second-order valence-electron chi connectivity index (χ2n) is 7.44. The fourth-order valence-corrected chi connectivity index (χ4v) is 3.96. The van der Waals surface area contributed by atoms with Gasteiger partial charge in [0.2, 0.25) is 5.91 Å². The molecule has 2 rings (SSSR count). The molecule has 0 bridgehead atoms. The number of rotatable bonds is 8. The maximum Gasteiger partial charge on any atom is 0.244 e. The van der Waals surface area contributed by atoms with Crippen LogP contribution in [0.1, 0.15) is 58.3 Å². The van der Waals surface area contributed by atoms with Gasteiger partial charge in [0.1, 0.15) is 6.54 Å². The third-order valence-electron chi connectivity index (χ3n) is 5.56. The Morgan fingerprint density at radius 3 is 2.42 bits per heavy atom. The first-order valence-electron chi connectivity index (χ1n) is 9.98. The normalized spacial score (nSPS) is 19.8. The van der Waals surface area contributed by atoms with E-state index in [0.717, 1.165) is 58.0 Å². The summed E-state index contributed by atoms with van der Waals surface area (Å²) >= 11 is 0. The number of hydrogen-bond acceptors (Lipinski definition) is 3. The van der Waals surface area contributed by atoms with E-state index in [1.165, 1.54) is 32.1 Å². The summed E-state index contributed by atoms with van der Waals surface area (Å²) in [7, 11) is 1.77. The summed E-state index contributed by atoms with van der Waals surface area (Å²) in [6.45, 7) is 6.58. The van der Waals surface area contributed by atoms with Crippen LogP contribution in [0.25, 0.3) is 0 Å². The molecule has 1 amide bonds. The number of carbonyl (C=O) groups is 1. The quantitative estimate of drug-likeness (QED) is 0.319. The fraction of sp³-hybridized carbons (Fsp3) is 0.895. The Bertz CT molecular complexity index is 433. The standard InChI is InChI=1S/C19H36N4O2.HI/c1-3-20-18(21-15-17(24)23-12-7-4-8-13-23)22-16-19(11-14-25-2)9-5-6-10-19;/h3-16H2,1-2H3,(H2,20,21,22);1H. The zero-order chi connectivity index (χ0) is 18.0. The summed E-state index contributed by atoms with van der Waals surface area (Å²) in [5.74, 6) is 0.906. The van der Waals surface area contributed by atoms with Crippen LogP contribution in [0, 0.1) is 5.41 Å². The lowest BCUT2D eigenvalue weighted by Gasteiger charge is -2.30. The average Bonchev–Trinajstić information content (AvgIpc) is 3.12. The molecule has 152 valence electrons. The van der Waals surface area contributed by atoms with Crippen molar-refractivity contribution < 1.29 is 9.53 Å². The molecule has 0 atom stereocenters. The van der Waals surface area contributed by atoms with E-state index in [2.05, 4.69) is 22.5 Å². The summed E-state index contributed by atoms with van der Waals surface area (Å²) < 4.78 is 5.31. The minimum Gasteiger partial charge on any atom is -0.385 e. The first-order chi connectivity index (χ1) is 12.2. The number of nitrogens with zero attached hydrogens (tertiary/aromatic N) is 2. The van der Waals surface area contributed by atoms with E-state index in [0.29, 0.717) is 5.41 Å². The Kier molecular flexibility index (Phi) is 11.5. The lowest BCUT2D eigenvalue weighted by molar-refractivity contribution is -0.130. The van der Waals surface area contributed by atoms with E-state index in [1.807, 2.05) is 4.90 Å². The van der Waals surface area contributed by atoms with Crippen LogP contribution < -0.4 is 10.6 Å². The van der Waals surface area contributed by atoms with Gasteiger partial charge >= 0.3 is 0 Å². The van der Waals surface area contributed by atoms with Crippen molar-refractivity contribution >= 4 is 35.8 Å². The number of ether oxygens (including phenoxy) is 1. The topological polar surface area (TPSA) is 66.0 Å². The molecule has 2 aliphatic rings. The number of halogens is 1. The van der Waals surface area contributed by atoms with Crippen molar-refractivity contribution in [3.63, 3.8) is 0 Å². The lowest BCUT2D eigenvalue weighted by atomic mass is 9.83.